The number of nitrogens with one attached hydrogen (secondary N) is 1. The number of thiocarbonyl (C=S) groups is 1. The second kappa shape index (κ2) is 5.18. The average Bonchev–Trinajstić information content (AvgIpc) is 2.68. The van der Waals surface area contributed by atoms with Crippen LogP contribution < -0.4 is 16.0 Å². The van der Waals surface area contributed by atoms with E-state index in [9.17, 15) is 9.18 Å². The Balaban J connectivity index is 2.03. The van der Waals surface area contributed by atoms with E-state index < -0.39 is 11.9 Å². The number of ether oxygens (including phenoxy) is 1. The summed E-state index contributed by atoms with van der Waals surface area (Å²) >= 11 is 4.66. The van der Waals surface area contributed by atoms with Crippen molar-refractivity contribution in [3.05, 3.63) is 30.1 Å². The summed E-state index contributed by atoms with van der Waals surface area (Å²) in [6.45, 7) is 0.671. The minimum atomic E-state index is -0.504. The van der Waals surface area contributed by atoms with Crippen molar-refractivity contribution < 1.29 is 13.9 Å². The molecule has 0 saturated carbocycles. The molecule has 1 saturated heterocycles. The van der Waals surface area contributed by atoms with Crippen LogP contribution >= 0.6 is 12.2 Å². The van der Waals surface area contributed by atoms with Gasteiger partial charge in [-0.1, -0.05) is 6.07 Å². The zero-order valence-electron chi connectivity index (χ0n) is 9.43. The van der Waals surface area contributed by atoms with Gasteiger partial charge in [-0.3, -0.25) is 4.90 Å². The lowest BCUT2D eigenvalue weighted by Gasteiger charge is -2.12. The van der Waals surface area contributed by atoms with Crippen molar-refractivity contribution in [1.29, 1.82) is 0 Å². The van der Waals surface area contributed by atoms with Crippen LogP contribution in [0.3, 0.4) is 0 Å². The van der Waals surface area contributed by atoms with E-state index in [1.54, 1.807) is 12.1 Å². The van der Waals surface area contributed by atoms with E-state index >= 15 is 0 Å². The normalized spacial score (nSPS) is 18.6. The van der Waals surface area contributed by atoms with Crippen LogP contribution in [-0.4, -0.2) is 30.4 Å². The number of hydrogen-bond acceptors (Lipinski definition) is 3. The number of carbonyl (C=O) groups excluding carboxylic acids is 1. The molecular formula is C11H12FN3O2S. The van der Waals surface area contributed by atoms with Crippen molar-refractivity contribution in [2.45, 2.75) is 6.10 Å². The van der Waals surface area contributed by atoms with Crippen molar-refractivity contribution in [2.75, 3.05) is 18.0 Å². The molecule has 0 unspecified atom stereocenters. The predicted octanol–water partition coefficient (Wildman–Crippen LogP) is 0.984. The van der Waals surface area contributed by atoms with E-state index in [2.05, 4.69) is 17.5 Å². The van der Waals surface area contributed by atoms with E-state index in [4.69, 9.17) is 10.5 Å². The first kappa shape index (κ1) is 12.6. The SMILES string of the molecule is NC(=S)NC[C@H]1CN(c2cccc(F)c2)C(=O)O1. The van der Waals surface area contributed by atoms with Gasteiger partial charge >= 0.3 is 6.09 Å². The van der Waals surface area contributed by atoms with Crippen molar-refractivity contribution >= 4 is 29.1 Å². The number of amides is 1. The van der Waals surface area contributed by atoms with Gasteiger partial charge < -0.3 is 15.8 Å². The lowest BCUT2D eigenvalue weighted by Crippen LogP contribution is -2.37. The molecule has 1 atom stereocenters. The molecule has 1 aliphatic rings. The Morgan fingerprint density at radius 2 is 2.44 bits per heavy atom. The van der Waals surface area contributed by atoms with Gasteiger partial charge in [0, 0.05) is 0 Å². The van der Waals surface area contributed by atoms with Crippen LogP contribution in [0.2, 0.25) is 0 Å². The van der Waals surface area contributed by atoms with Crippen molar-refractivity contribution in [3.63, 3.8) is 0 Å². The number of nitrogens with zero attached hydrogens (tertiary/aromatic N) is 1. The standard InChI is InChI=1S/C11H12FN3O2S/c12-7-2-1-3-8(4-7)15-6-9(17-11(15)16)5-14-10(13)18/h1-4,9H,5-6H2,(H3,13,14,18)/t9-/m0/s1. The van der Waals surface area contributed by atoms with Crippen LogP contribution in [0.1, 0.15) is 0 Å². The third kappa shape index (κ3) is 2.86. The summed E-state index contributed by atoms with van der Waals surface area (Å²) < 4.78 is 18.2. The second-order valence-electron chi connectivity index (χ2n) is 3.84. The summed E-state index contributed by atoms with van der Waals surface area (Å²) in [6, 6.07) is 5.79. The average molecular weight is 269 g/mol. The molecule has 5 nitrogen and oxygen atoms in total. The third-order valence-corrected chi connectivity index (χ3v) is 2.64. The van der Waals surface area contributed by atoms with Crippen LogP contribution in [0.15, 0.2) is 24.3 Å². The van der Waals surface area contributed by atoms with Crippen LogP contribution in [0.25, 0.3) is 0 Å². The van der Waals surface area contributed by atoms with Gasteiger partial charge in [0.25, 0.3) is 0 Å². The first-order valence-corrected chi connectivity index (χ1v) is 5.74. The van der Waals surface area contributed by atoms with Gasteiger partial charge in [-0.15, -0.1) is 0 Å². The van der Waals surface area contributed by atoms with Gasteiger partial charge in [0.05, 0.1) is 18.8 Å². The van der Waals surface area contributed by atoms with E-state index in [1.807, 2.05) is 0 Å². The van der Waals surface area contributed by atoms with E-state index in [0.717, 1.165) is 0 Å². The third-order valence-electron chi connectivity index (χ3n) is 2.50. The summed E-state index contributed by atoms with van der Waals surface area (Å²) in [7, 11) is 0. The minimum absolute atomic E-state index is 0.148. The molecule has 1 heterocycles. The molecule has 2 rings (SSSR count). The topological polar surface area (TPSA) is 67.6 Å². The zero-order chi connectivity index (χ0) is 13.1. The first-order valence-electron chi connectivity index (χ1n) is 5.33. The van der Waals surface area contributed by atoms with Crippen molar-refractivity contribution in [2.24, 2.45) is 5.73 Å². The van der Waals surface area contributed by atoms with Crippen LogP contribution in [0.5, 0.6) is 0 Å². The Labute approximate surface area is 109 Å². The Bertz CT molecular complexity index is 483. The maximum Gasteiger partial charge on any atom is 0.414 e. The highest BCUT2D eigenvalue weighted by Gasteiger charge is 2.32. The summed E-state index contributed by atoms with van der Waals surface area (Å²) in [5.74, 6) is -0.398. The summed E-state index contributed by atoms with van der Waals surface area (Å²) in [6.07, 6.45) is -0.863. The number of nitrogens with two attached hydrogens (primary N) is 1. The first-order chi connectivity index (χ1) is 8.56. The molecule has 0 spiro atoms. The molecular weight excluding hydrogens is 257 g/mol. The molecule has 96 valence electrons. The molecule has 1 aliphatic heterocycles. The highest BCUT2D eigenvalue weighted by molar-refractivity contribution is 7.80. The highest BCUT2D eigenvalue weighted by Crippen LogP contribution is 2.21. The molecule has 1 aromatic carbocycles. The lowest BCUT2D eigenvalue weighted by molar-refractivity contribution is 0.143. The van der Waals surface area contributed by atoms with Crippen molar-refractivity contribution in [1.82, 2.24) is 5.32 Å². The second-order valence-corrected chi connectivity index (χ2v) is 4.28. The quantitative estimate of drug-likeness (QED) is 0.801. The number of carbonyl (C=O) groups is 1. The fraction of sp³-hybridized carbons (Fsp3) is 0.273. The molecule has 18 heavy (non-hydrogen) atoms. The highest BCUT2D eigenvalue weighted by atomic mass is 32.1. The summed E-state index contributed by atoms with van der Waals surface area (Å²) in [4.78, 5) is 13.0. The van der Waals surface area contributed by atoms with E-state index in [1.165, 1.54) is 17.0 Å². The van der Waals surface area contributed by atoms with Crippen molar-refractivity contribution in [3.8, 4) is 0 Å². The van der Waals surface area contributed by atoms with Gasteiger partial charge in [-0.05, 0) is 30.4 Å². The maximum atomic E-state index is 13.1. The van der Waals surface area contributed by atoms with Gasteiger partial charge in [-0.2, -0.15) is 0 Å². The smallest absolute Gasteiger partial charge is 0.414 e. The molecule has 1 fully saturated rings. The van der Waals surface area contributed by atoms with Gasteiger partial charge in [-0.25, -0.2) is 9.18 Å². The van der Waals surface area contributed by atoms with Crippen LogP contribution in [0.4, 0.5) is 14.9 Å². The fourth-order valence-electron chi connectivity index (χ4n) is 1.70. The lowest BCUT2D eigenvalue weighted by atomic mass is 10.2. The van der Waals surface area contributed by atoms with E-state index in [-0.39, 0.29) is 11.2 Å². The molecule has 0 bridgehead atoms. The Kier molecular flexibility index (Phi) is 3.61. The number of cyclic esters (lactones) is 1. The summed E-state index contributed by atoms with van der Waals surface area (Å²) in [5.41, 5.74) is 5.76. The van der Waals surface area contributed by atoms with Gasteiger partial charge in [0.2, 0.25) is 0 Å². The molecule has 0 aliphatic carbocycles. The molecule has 1 aromatic rings. The Morgan fingerprint density at radius 1 is 1.67 bits per heavy atom. The van der Waals surface area contributed by atoms with Gasteiger partial charge in [0.15, 0.2) is 5.11 Å². The Morgan fingerprint density at radius 3 is 3.11 bits per heavy atom. The molecule has 0 radical (unpaired) electrons. The van der Waals surface area contributed by atoms with E-state index in [0.29, 0.717) is 18.8 Å². The Hall–Kier alpha value is -1.89. The molecule has 3 N–H and O–H groups in total. The largest absolute Gasteiger partial charge is 0.442 e. The minimum Gasteiger partial charge on any atom is -0.442 e. The number of rotatable bonds is 3. The molecule has 7 heteroatoms. The fourth-order valence-corrected chi connectivity index (χ4v) is 1.78. The van der Waals surface area contributed by atoms with Crippen LogP contribution in [0, 0.1) is 5.82 Å². The molecule has 0 aromatic heterocycles. The number of halogens is 1. The number of benzene rings is 1. The number of hydrogen-bond donors (Lipinski definition) is 2. The van der Waals surface area contributed by atoms with Gasteiger partial charge in [0.1, 0.15) is 11.9 Å². The molecule has 1 amide bonds. The monoisotopic (exact) mass is 269 g/mol. The predicted molar refractivity (Wildman–Crippen MR) is 68.8 cm³/mol. The zero-order valence-corrected chi connectivity index (χ0v) is 10.2. The summed E-state index contributed by atoms with van der Waals surface area (Å²) in [5, 5.41) is 2.87. The maximum absolute atomic E-state index is 13.1. The number of anilines is 1. The van der Waals surface area contributed by atoms with Crippen LogP contribution in [-0.2, 0) is 4.74 Å².